The number of pyridine rings is 1. The van der Waals surface area contributed by atoms with Gasteiger partial charge in [0.2, 0.25) is 0 Å². The van der Waals surface area contributed by atoms with Crippen LogP contribution in [0.25, 0.3) is 0 Å². The molecule has 0 aliphatic heterocycles. The first-order valence-electron chi connectivity index (χ1n) is 6.16. The van der Waals surface area contributed by atoms with Crippen molar-refractivity contribution in [1.82, 2.24) is 14.8 Å². The highest BCUT2D eigenvalue weighted by molar-refractivity contribution is 5.95. The topological polar surface area (TPSA) is 95.1 Å². The summed E-state index contributed by atoms with van der Waals surface area (Å²) in [6.45, 7) is 0.625. The first-order chi connectivity index (χ1) is 9.61. The molecule has 2 aromatic rings. The van der Waals surface area contributed by atoms with Gasteiger partial charge in [0.1, 0.15) is 11.4 Å². The van der Waals surface area contributed by atoms with Crippen molar-refractivity contribution < 1.29 is 9.53 Å². The zero-order valence-corrected chi connectivity index (χ0v) is 11.5. The monoisotopic (exact) mass is 275 g/mol. The second-order valence-electron chi connectivity index (χ2n) is 4.28. The fourth-order valence-corrected chi connectivity index (χ4v) is 1.84. The summed E-state index contributed by atoms with van der Waals surface area (Å²) in [7, 11) is 3.21. The molecule has 0 radical (unpaired) electrons. The van der Waals surface area contributed by atoms with Crippen molar-refractivity contribution in [3.05, 3.63) is 35.8 Å². The summed E-state index contributed by atoms with van der Waals surface area (Å²) in [4.78, 5) is 15.8. The van der Waals surface area contributed by atoms with Gasteiger partial charge >= 0.3 is 5.97 Å². The van der Waals surface area contributed by atoms with Gasteiger partial charge in [-0.3, -0.25) is 4.68 Å². The molecular weight excluding hydrogens is 258 g/mol. The molecule has 0 bridgehead atoms. The number of hydrogen-bond acceptors (Lipinski definition) is 6. The Labute approximate surface area is 116 Å². The Balaban J connectivity index is 2.05. The maximum Gasteiger partial charge on any atom is 0.341 e. The van der Waals surface area contributed by atoms with Crippen LogP contribution in [0.4, 0.5) is 11.5 Å². The van der Waals surface area contributed by atoms with Crippen LogP contribution in [0.5, 0.6) is 0 Å². The molecule has 7 nitrogen and oxygen atoms in total. The Kier molecular flexibility index (Phi) is 4.19. The molecule has 2 rings (SSSR count). The van der Waals surface area contributed by atoms with Crippen molar-refractivity contribution >= 4 is 17.5 Å². The molecule has 0 spiro atoms. The average molecular weight is 275 g/mol. The summed E-state index contributed by atoms with van der Waals surface area (Å²) in [6, 6.07) is 3.49. The fraction of sp³-hybridized carbons (Fsp3) is 0.308. The van der Waals surface area contributed by atoms with E-state index in [0.29, 0.717) is 23.6 Å². The number of rotatable bonds is 5. The van der Waals surface area contributed by atoms with Crippen LogP contribution in [0.1, 0.15) is 16.1 Å². The quantitative estimate of drug-likeness (QED) is 0.785. The Hall–Kier alpha value is -2.57. The minimum Gasteiger partial charge on any atom is -0.465 e. The highest BCUT2D eigenvalue weighted by Gasteiger charge is 2.13. The Morgan fingerprint density at radius 3 is 3.00 bits per heavy atom. The number of carbonyl (C=O) groups excluding carboxylic acids is 1. The van der Waals surface area contributed by atoms with Crippen molar-refractivity contribution in [3.63, 3.8) is 0 Å². The Morgan fingerprint density at radius 2 is 2.35 bits per heavy atom. The van der Waals surface area contributed by atoms with Gasteiger partial charge in [-0.25, -0.2) is 9.78 Å². The van der Waals surface area contributed by atoms with E-state index < -0.39 is 5.97 Å². The first kappa shape index (κ1) is 13.9. The molecule has 0 atom stereocenters. The number of nitrogens with zero attached hydrogens (tertiary/aromatic N) is 3. The van der Waals surface area contributed by atoms with E-state index in [1.807, 2.05) is 13.1 Å². The molecule has 0 saturated carbocycles. The number of aromatic nitrogens is 3. The molecule has 2 aromatic heterocycles. The van der Waals surface area contributed by atoms with E-state index in [0.717, 1.165) is 12.1 Å². The summed E-state index contributed by atoms with van der Waals surface area (Å²) in [5.41, 5.74) is 7.48. The third-order valence-electron chi connectivity index (χ3n) is 2.91. The molecule has 0 aromatic carbocycles. The van der Waals surface area contributed by atoms with Crippen LogP contribution in [-0.2, 0) is 18.2 Å². The third kappa shape index (κ3) is 3.05. The number of carbonyl (C=O) groups is 1. The van der Waals surface area contributed by atoms with E-state index in [1.54, 1.807) is 16.9 Å². The number of hydrogen-bond donors (Lipinski definition) is 2. The number of anilines is 2. The van der Waals surface area contributed by atoms with Gasteiger partial charge in [0.15, 0.2) is 0 Å². The highest BCUT2D eigenvalue weighted by Crippen LogP contribution is 2.16. The SMILES string of the molecule is COC(=O)c1cc(N)cnc1NCCc1ccnn1C. The molecule has 0 fully saturated rings. The van der Waals surface area contributed by atoms with Crippen LogP contribution in [0, 0.1) is 0 Å². The van der Waals surface area contributed by atoms with Gasteiger partial charge in [-0.15, -0.1) is 0 Å². The molecule has 0 aliphatic rings. The molecule has 0 aliphatic carbocycles. The second kappa shape index (κ2) is 6.05. The molecule has 0 amide bonds. The standard InChI is InChI=1S/C13H17N5O2/c1-18-10(4-6-17-18)3-5-15-12-11(13(19)20-2)7-9(14)8-16-12/h4,6-8H,3,5,14H2,1-2H3,(H,15,16). The van der Waals surface area contributed by atoms with E-state index in [-0.39, 0.29) is 0 Å². The third-order valence-corrected chi connectivity index (χ3v) is 2.91. The fourth-order valence-electron chi connectivity index (χ4n) is 1.84. The van der Waals surface area contributed by atoms with Crippen molar-refractivity contribution in [2.75, 3.05) is 24.7 Å². The molecular formula is C13H17N5O2. The molecule has 3 N–H and O–H groups in total. The van der Waals surface area contributed by atoms with E-state index in [9.17, 15) is 4.79 Å². The second-order valence-corrected chi connectivity index (χ2v) is 4.28. The zero-order chi connectivity index (χ0) is 14.5. The smallest absolute Gasteiger partial charge is 0.341 e. The van der Waals surface area contributed by atoms with Gasteiger partial charge in [-0.05, 0) is 12.1 Å². The van der Waals surface area contributed by atoms with Gasteiger partial charge in [0.25, 0.3) is 0 Å². The summed E-state index contributed by atoms with van der Waals surface area (Å²) < 4.78 is 6.52. The Bertz CT molecular complexity index is 609. The molecule has 0 saturated heterocycles. The summed E-state index contributed by atoms with van der Waals surface area (Å²) in [5.74, 6) is 0.000974. The summed E-state index contributed by atoms with van der Waals surface area (Å²) in [6.07, 6.45) is 4.01. The maximum absolute atomic E-state index is 11.7. The van der Waals surface area contributed by atoms with Gasteiger partial charge in [-0.2, -0.15) is 5.10 Å². The van der Waals surface area contributed by atoms with Gasteiger partial charge in [0.05, 0.1) is 19.0 Å². The molecule has 0 unspecified atom stereocenters. The number of methoxy groups -OCH3 is 1. The van der Waals surface area contributed by atoms with Crippen LogP contribution in [0.3, 0.4) is 0 Å². The van der Waals surface area contributed by atoms with E-state index in [1.165, 1.54) is 13.3 Å². The number of aryl methyl sites for hydroxylation is 1. The number of nitrogen functional groups attached to an aromatic ring is 1. The number of ether oxygens (including phenoxy) is 1. The van der Waals surface area contributed by atoms with Gasteiger partial charge < -0.3 is 15.8 Å². The largest absolute Gasteiger partial charge is 0.465 e. The predicted molar refractivity (Wildman–Crippen MR) is 75.4 cm³/mol. The van der Waals surface area contributed by atoms with Gasteiger partial charge in [0, 0.05) is 31.9 Å². The zero-order valence-electron chi connectivity index (χ0n) is 11.5. The van der Waals surface area contributed by atoms with E-state index in [4.69, 9.17) is 10.5 Å². The van der Waals surface area contributed by atoms with Crippen molar-refractivity contribution in [2.24, 2.45) is 7.05 Å². The van der Waals surface area contributed by atoms with Crippen molar-refractivity contribution in [2.45, 2.75) is 6.42 Å². The summed E-state index contributed by atoms with van der Waals surface area (Å²) >= 11 is 0. The lowest BCUT2D eigenvalue weighted by atomic mass is 10.2. The van der Waals surface area contributed by atoms with Crippen molar-refractivity contribution in [1.29, 1.82) is 0 Å². The van der Waals surface area contributed by atoms with Crippen LogP contribution in [0.2, 0.25) is 0 Å². The lowest BCUT2D eigenvalue weighted by Gasteiger charge is -2.10. The van der Waals surface area contributed by atoms with Crippen molar-refractivity contribution in [3.8, 4) is 0 Å². The van der Waals surface area contributed by atoms with Crippen LogP contribution in [0.15, 0.2) is 24.5 Å². The maximum atomic E-state index is 11.7. The lowest BCUT2D eigenvalue weighted by Crippen LogP contribution is -2.14. The van der Waals surface area contributed by atoms with E-state index in [2.05, 4.69) is 15.4 Å². The van der Waals surface area contributed by atoms with Crippen LogP contribution in [-0.4, -0.2) is 34.4 Å². The average Bonchev–Trinajstić information content (AvgIpc) is 2.85. The predicted octanol–water partition coefficient (Wildman–Crippen LogP) is 0.838. The normalized spacial score (nSPS) is 10.3. The number of nitrogens with two attached hydrogens (primary N) is 1. The highest BCUT2D eigenvalue weighted by atomic mass is 16.5. The molecule has 20 heavy (non-hydrogen) atoms. The minimum atomic E-state index is -0.465. The minimum absolute atomic E-state index is 0.331. The molecule has 2 heterocycles. The molecule has 7 heteroatoms. The Morgan fingerprint density at radius 1 is 1.55 bits per heavy atom. The lowest BCUT2D eigenvalue weighted by molar-refractivity contribution is 0.0601. The number of nitrogens with one attached hydrogen (secondary N) is 1. The first-order valence-corrected chi connectivity index (χ1v) is 6.16. The van der Waals surface area contributed by atoms with Crippen LogP contribution >= 0.6 is 0 Å². The molecule has 106 valence electrons. The van der Waals surface area contributed by atoms with Crippen LogP contribution < -0.4 is 11.1 Å². The summed E-state index contributed by atoms with van der Waals surface area (Å²) in [5, 5.41) is 7.21. The van der Waals surface area contributed by atoms with Gasteiger partial charge in [-0.1, -0.05) is 0 Å². The van der Waals surface area contributed by atoms with E-state index >= 15 is 0 Å². The number of esters is 1.